The van der Waals surface area contributed by atoms with Crippen molar-refractivity contribution < 1.29 is 14.6 Å². The van der Waals surface area contributed by atoms with Crippen molar-refractivity contribution in [1.29, 1.82) is 0 Å². The molecule has 2 unspecified atom stereocenters. The molecule has 19 heavy (non-hydrogen) atoms. The van der Waals surface area contributed by atoms with Crippen LogP contribution in [0.1, 0.15) is 30.0 Å². The van der Waals surface area contributed by atoms with Crippen molar-refractivity contribution in [3.05, 3.63) is 28.8 Å². The van der Waals surface area contributed by atoms with Crippen molar-refractivity contribution in [2.75, 3.05) is 6.61 Å². The first-order valence-corrected chi connectivity index (χ1v) is 6.69. The fourth-order valence-corrected chi connectivity index (χ4v) is 2.26. The normalized spacial score (nSPS) is 18.6. The highest BCUT2D eigenvalue weighted by Gasteiger charge is 2.30. The van der Waals surface area contributed by atoms with Gasteiger partial charge in [-0.15, -0.1) is 0 Å². The number of hydrogen-bond donors (Lipinski definition) is 2. The van der Waals surface area contributed by atoms with Crippen LogP contribution < -0.4 is 10.1 Å². The van der Waals surface area contributed by atoms with E-state index in [2.05, 4.69) is 18.3 Å². The highest BCUT2D eigenvalue weighted by molar-refractivity contribution is 5.82. The summed E-state index contributed by atoms with van der Waals surface area (Å²) >= 11 is 0. The number of fused-ring (bicyclic) bond motifs is 1. The smallest absolute Gasteiger partial charge is 0.261 e. The van der Waals surface area contributed by atoms with Gasteiger partial charge in [0, 0.05) is 19.1 Å². The summed E-state index contributed by atoms with van der Waals surface area (Å²) in [4.78, 5) is 12.1. The Balaban J connectivity index is 2.01. The van der Waals surface area contributed by atoms with Crippen molar-refractivity contribution in [3.8, 4) is 5.75 Å². The summed E-state index contributed by atoms with van der Waals surface area (Å²) in [6.45, 7) is 6.05. The van der Waals surface area contributed by atoms with E-state index in [1.54, 1.807) is 0 Å². The number of aliphatic hydroxyl groups excluding tert-OH is 1. The van der Waals surface area contributed by atoms with Crippen LogP contribution in [0.3, 0.4) is 0 Å². The Hall–Kier alpha value is -1.55. The zero-order chi connectivity index (χ0) is 14.0. The molecule has 4 heteroatoms. The van der Waals surface area contributed by atoms with E-state index in [0.29, 0.717) is 12.8 Å². The summed E-state index contributed by atoms with van der Waals surface area (Å²) in [5, 5.41) is 11.7. The number of hydrogen-bond acceptors (Lipinski definition) is 3. The third-order valence-electron chi connectivity index (χ3n) is 3.59. The standard InChI is InChI=1S/C15H21NO3/c1-9-6-12-8-14(19-13(12)7-10(9)2)15(18)16-11(3)4-5-17/h6-7,11,14,17H,4-5,8H2,1-3H3,(H,16,18). The lowest BCUT2D eigenvalue weighted by atomic mass is 10.0. The SMILES string of the molecule is Cc1cc2c(cc1C)OC(C(=O)NC(C)CCO)C2. The van der Waals surface area contributed by atoms with E-state index in [0.717, 1.165) is 11.3 Å². The van der Waals surface area contributed by atoms with E-state index in [9.17, 15) is 4.79 Å². The molecule has 0 aromatic heterocycles. The number of ether oxygens (including phenoxy) is 1. The summed E-state index contributed by atoms with van der Waals surface area (Å²) in [6, 6.07) is 4.05. The molecule has 0 aliphatic carbocycles. The lowest BCUT2D eigenvalue weighted by molar-refractivity contribution is -0.127. The largest absolute Gasteiger partial charge is 0.480 e. The second-order valence-electron chi connectivity index (χ2n) is 5.28. The van der Waals surface area contributed by atoms with E-state index < -0.39 is 6.10 Å². The molecule has 4 nitrogen and oxygen atoms in total. The molecule has 1 aliphatic heterocycles. The average molecular weight is 263 g/mol. The van der Waals surface area contributed by atoms with Gasteiger partial charge in [0.15, 0.2) is 6.10 Å². The minimum atomic E-state index is -0.447. The van der Waals surface area contributed by atoms with Crippen molar-refractivity contribution in [3.63, 3.8) is 0 Å². The molecule has 1 aliphatic rings. The molecule has 2 N–H and O–H groups in total. The molecule has 2 rings (SSSR count). The molecule has 2 atom stereocenters. The number of amides is 1. The van der Waals surface area contributed by atoms with Gasteiger partial charge >= 0.3 is 0 Å². The Bertz CT molecular complexity index is 454. The topological polar surface area (TPSA) is 58.6 Å². The van der Waals surface area contributed by atoms with Gasteiger partial charge in [-0.25, -0.2) is 0 Å². The molecule has 0 saturated carbocycles. The van der Waals surface area contributed by atoms with Gasteiger partial charge < -0.3 is 15.2 Å². The van der Waals surface area contributed by atoms with E-state index in [-0.39, 0.29) is 18.6 Å². The predicted molar refractivity (Wildman–Crippen MR) is 73.3 cm³/mol. The van der Waals surface area contributed by atoms with Crippen LogP contribution in [-0.4, -0.2) is 29.8 Å². The highest BCUT2D eigenvalue weighted by Crippen LogP contribution is 2.31. The predicted octanol–water partition coefficient (Wildman–Crippen LogP) is 1.49. The van der Waals surface area contributed by atoms with Crippen molar-refractivity contribution in [2.45, 2.75) is 45.8 Å². The summed E-state index contributed by atoms with van der Waals surface area (Å²) in [7, 11) is 0. The fraction of sp³-hybridized carbons (Fsp3) is 0.533. The molecule has 104 valence electrons. The van der Waals surface area contributed by atoms with Gasteiger partial charge in [0.1, 0.15) is 5.75 Å². The van der Waals surface area contributed by atoms with E-state index in [1.807, 2.05) is 19.9 Å². The summed E-state index contributed by atoms with van der Waals surface area (Å²) in [6.07, 6.45) is 0.731. The first-order chi connectivity index (χ1) is 9.01. The fourth-order valence-electron chi connectivity index (χ4n) is 2.26. The number of nitrogens with one attached hydrogen (secondary N) is 1. The van der Waals surface area contributed by atoms with Gasteiger partial charge in [-0.1, -0.05) is 6.07 Å². The molecule has 0 fully saturated rings. The molecule has 1 aromatic carbocycles. The van der Waals surface area contributed by atoms with Gasteiger partial charge in [0.2, 0.25) is 0 Å². The number of rotatable bonds is 4. The Morgan fingerprint density at radius 1 is 1.47 bits per heavy atom. The summed E-state index contributed by atoms with van der Waals surface area (Å²) in [5.74, 6) is 0.713. The molecule has 0 radical (unpaired) electrons. The second kappa shape index (κ2) is 5.61. The summed E-state index contributed by atoms with van der Waals surface area (Å²) < 4.78 is 5.71. The van der Waals surface area contributed by atoms with Crippen LogP contribution in [-0.2, 0) is 11.2 Å². The van der Waals surface area contributed by atoms with E-state index >= 15 is 0 Å². The Morgan fingerprint density at radius 2 is 2.16 bits per heavy atom. The zero-order valence-electron chi connectivity index (χ0n) is 11.7. The Kier molecular flexibility index (Phi) is 4.10. The van der Waals surface area contributed by atoms with E-state index in [4.69, 9.17) is 9.84 Å². The molecule has 1 aromatic rings. The molecule has 0 bridgehead atoms. The van der Waals surface area contributed by atoms with E-state index in [1.165, 1.54) is 11.1 Å². The van der Waals surface area contributed by atoms with Crippen LogP contribution in [0.5, 0.6) is 5.75 Å². The number of carbonyl (C=O) groups excluding carboxylic acids is 1. The van der Waals surface area contributed by atoms with Gasteiger partial charge in [0.05, 0.1) is 0 Å². The van der Waals surface area contributed by atoms with Crippen molar-refractivity contribution in [2.24, 2.45) is 0 Å². The minimum absolute atomic E-state index is 0.0340. The van der Waals surface area contributed by atoms with Crippen molar-refractivity contribution in [1.82, 2.24) is 5.32 Å². The van der Waals surface area contributed by atoms with Gasteiger partial charge in [0.25, 0.3) is 5.91 Å². The molecule has 1 heterocycles. The average Bonchev–Trinajstić information content (AvgIpc) is 2.73. The maximum absolute atomic E-state index is 12.1. The Labute approximate surface area is 113 Å². The molecule has 1 amide bonds. The highest BCUT2D eigenvalue weighted by atomic mass is 16.5. The third-order valence-corrected chi connectivity index (χ3v) is 3.59. The number of aryl methyl sites for hydroxylation is 2. The zero-order valence-corrected chi connectivity index (χ0v) is 11.7. The third kappa shape index (κ3) is 3.07. The number of aliphatic hydroxyl groups is 1. The van der Waals surface area contributed by atoms with Gasteiger partial charge in [-0.05, 0) is 49.9 Å². The monoisotopic (exact) mass is 263 g/mol. The Morgan fingerprint density at radius 3 is 2.84 bits per heavy atom. The number of benzene rings is 1. The van der Waals surface area contributed by atoms with Crippen molar-refractivity contribution >= 4 is 5.91 Å². The lowest BCUT2D eigenvalue weighted by Crippen LogP contribution is -2.42. The number of carbonyl (C=O) groups is 1. The maximum atomic E-state index is 12.1. The quantitative estimate of drug-likeness (QED) is 0.865. The van der Waals surface area contributed by atoms with Crippen LogP contribution >= 0.6 is 0 Å². The van der Waals surface area contributed by atoms with Gasteiger partial charge in [-0.2, -0.15) is 0 Å². The summed E-state index contributed by atoms with van der Waals surface area (Å²) in [5.41, 5.74) is 3.49. The van der Waals surface area contributed by atoms with Gasteiger partial charge in [-0.3, -0.25) is 4.79 Å². The molecular weight excluding hydrogens is 242 g/mol. The minimum Gasteiger partial charge on any atom is -0.480 e. The second-order valence-corrected chi connectivity index (χ2v) is 5.28. The molecule has 0 spiro atoms. The van der Waals surface area contributed by atoms with Crippen LogP contribution in [0.2, 0.25) is 0 Å². The molecular formula is C15H21NO3. The first kappa shape index (κ1) is 13.9. The van der Waals surface area contributed by atoms with Crippen LogP contribution in [0.15, 0.2) is 12.1 Å². The van der Waals surface area contributed by atoms with Crippen LogP contribution in [0.4, 0.5) is 0 Å². The molecule has 0 saturated heterocycles. The first-order valence-electron chi connectivity index (χ1n) is 6.69. The maximum Gasteiger partial charge on any atom is 0.261 e. The van der Waals surface area contributed by atoms with Crippen LogP contribution in [0, 0.1) is 13.8 Å². The lowest BCUT2D eigenvalue weighted by Gasteiger charge is -2.16. The van der Waals surface area contributed by atoms with Crippen LogP contribution in [0.25, 0.3) is 0 Å².